The van der Waals surface area contributed by atoms with Crippen molar-refractivity contribution in [1.82, 2.24) is 10.1 Å². The molecule has 1 amide bonds. The third-order valence-electron chi connectivity index (χ3n) is 2.81. The van der Waals surface area contributed by atoms with Crippen LogP contribution in [0, 0.1) is 5.92 Å². The summed E-state index contributed by atoms with van der Waals surface area (Å²) in [5, 5.41) is 3.74. The third kappa shape index (κ3) is 3.44. The van der Waals surface area contributed by atoms with E-state index in [1.165, 1.54) is 4.90 Å². The van der Waals surface area contributed by atoms with Crippen LogP contribution >= 0.6 is 10.7 Å². The molecular formula is C10H14ClN3O4S. The molecule has 0 radical (unpaired) electrons. The van der Waals surface area contributed by atoms with Crippen molar-refractivity contribution in [2.75, 3.05) is 17.2 Å². The van der Waals surface area contributed by atoms with Crippen LogP contribution in [0.15, 0.2) is 4.52 Å². The Balaban J connectivity index is 2.11. The first-order valence-corrected chi connectivity index (χ1v) is 8.30. The number of halogens is 1. The molecule has 0 aromatic carbocycles. The Labute approximate surface area is 115 Å². The van der Waals surface area contributed by atoms with Crippen molar-refractivity contribution in [3.05, 3.63) is 5.89 Å². The summed E-state index contributed by atoms with van der Waals surface area (Å²) in [7, 11) is 1.58. The highest BCUT2D eigenvalue weighted by Crippen LogP contribution is 2.25. The standard InChI is InChI=1S/C10H14ClN3O4S/c1-6(2)9-12-10(13-18-9)14-4-7(3-8(14)15)5-19(11,16)17/h6-7H,3-5H2,1-2H3. The maximum Gasteiger partial charge on any atom is 0.272 e. The Morgan fingerprint density at radius 2 is 2.21 bits per heavy atom. The topological polar surface area (TPSA) is 93.4 Å². The van der Waals surface area contributed by atoms with Gasteiger partial charge in [0.2, 0.25) is 20.8 Å². The normalized spacial score (nSPS) is 20.5. The van der Waals surface area contributed by atoms with Crippen LogP contribution in [0.4, 0.5) is 5.95 Å². The molecule has 2 heterocycles. The van der Waals surface area contributed by atoms with Gasteiger partial charge in [-0.25, -0.2) is 8.42 Å². The number of hydrogen-bond donors (Lipinski definition) is 0. The van der Waals surface area contributed by atoms with E-state index in [4.69, 9.17) is 15.2 Å². The molecule has 0 aliphatic carbocycles. The molecule has 2 rings (SSSR count). The highest BCUT2D eigenvalue weighted by atomic mass is 35.7. The molecule has 1 aliphatic rings. The first kappa shape index (κ1) is 14.3. The third-order valence-corrected chi connectivity index (χ3v) is 4.05. The van der Waals surface area contributed by atoms with Crippen molar-refractivity contribution >= 4 is 31.6 Å². The second-order valence-corrected chi connectivity index (χ2v) is 7.69. The summed E-state index contributed by atoms with van der Waals surface area (Å²) in [6, 6.07) is 0. The second kappa shape index (κ2) is 5.09. The molecule has 0 spiro atoms. The van der Waals surface area contributed by atoms with E-state index in [9.17, 15) is 13.2 Å². The first-order valence-electron chi connectivity index (χ1n) is 5.82. The van der Waals surface area contributed by atoms with Gasteiger partial charge in [0.1, 0.15) is 0 Å². The van der Waals surface area contributed by atoms with Crippen LogP contribution in [-0.2, 0) is 13.8 Å². The van der Waals surface area contributed by atoms with Gasteiger partial charge in [-0.05, 0) is 5.16 Å². The number of anilines is 1. The van der Waals surface area contributed by atoms with Crippen LogP contribution in [0.2, 0.25) is 0 Å². The molecule has 1 fully saturated rings. The summed E-state index contributed by atoms with van der Waals surface area (Å²) in [4.78, 5) is 17.3. The zero-order valence-corrected chi connectivity index (χ0v) is 12.1. The highest BCUT2D eigenvalue weighted by Gasteiger charge is 2.35. The molecule has 9 heteroatoms. The summed E-state index contributed by atoms with van der Waals surface area (Å²) < 4.78 is 27.1. The van der Waals surface area contributed by atoms with Crippen LogP contribution in [0.25, 0.3) is 0 Å². The molecule has 1 aliphatic heterocycles. The van der Waals surface area contributed by atoms with E-state index in [0.29, 0.717) is 5.89 Å². The van der Waals surface area contributed by atoms with Gasteiger partial charge in [-0.1, -0.05) is 13.8 Å². The Hall–Kier alpha value is -1.15. The van der Waals surface area contributed by atoms with E-state index in [2.05, 4.69) is 10.1 Å². The molecule has 1 aromatic rings. The minimum absolute atomic E-state index is 0.0676. The van der Waals surface area contributed by atoms with E-state index in [-0.39, 0.29) is 42.4 Å². The minimum Gasteiger partial charge on any atom is -0.337 e. The van der Waals surface area contributed by atoms with Crippen molar-refractivity contribution in [3.63, 3.8) is 0 Å². The summed E-state index contributed by atoms with van der Waals surface area (Å²) >= 11 is 0. The predicted octanol–water partition coefficient (Wildman–Crippen LogP) is 1.11. The number of carbonyl (C=O) groups excluding carboxylic acids is 1. The molecule has 1 atom stereocenters. The van der Waals surface area contributed by atoms with Gasteiger partial charge in [0.05, 0.1) is 5.75 Å². The van der Waals surface area contributed by atoms with Gasteiger partial charge in [-0.3, -0.25) is 9.69 Å². The lowest BCUT2D eigenvalue weighted by atomic mass is 10.1. The lowest BCUT2D eigenvalue weighted by molar-refractivity contribution is -0.117. The number of aromatic nitrogens is 2. The van der Waals surface area contributed by atoms with E-state index in [1.54, 1.807) is 0 Å². The van der Waals surface area contributed by atoms with E-state index < -0.39 is 9.05 Å². The first-order chi connectivity index (χ1) is 8.76. The summed E-state index contributed by atoms with van der Waals surface area (Å²) in [5.41, 5.74) is 0. The van der Waals surface area contributed by atoms with E-state index in [0.717, 1.165) is 0 Å². The van der Waals surface area contributed by atoms with E-state index in [1.807, 2.05) is 13.8 Å². The Bertz CT molecular complexity index is 583. The van der Waals surface area contributed by atoms with Gasteiger partial charge in [-0.15, -0.1) is 0 Å². The summed E-state index contributed by atoms with van der Waals surface area (Å²) in [6.45, 7) is 4.03. The maximum atomic E-state index is 11.8. The average molecular weight is 308 g/mol. The number of nitrogens with zero attached hydrogens (tertiary/aromatic N) is 3. The van der Waals surface area contributed by atoms with Crippen molar-refractivity contribution in [1.29, 1.82) is 0 Å². The van der Waals surface area contributed by atoms with Gasteiger partial charge in [0.25, 0.3) is 5.95 Å². The van der Waals surface area contributed by atoms with Crippen LogP contribution < -0.4 is 4.90 Å². The van der Waals surface area contributed by atoms with Gasteiger partial charge in [-0.2, -0.15) is 4.98 Å². The predicted molar refractivity (Wildman–Crippen MR) is 68.5 cm³/mol. The molecule has 7 nitrogen and oxygen atoms in total. The smallest absolute Gasteiger partial charge is 0.272 e. The molecule has 0 N–H and O–H groups in total. The number of hydrogen-bond acceptors (Lipinski definition) is 6. The van der Waals surface area contributed by atoms with Crippen molar-refractivity contribution < 1.29 is 17.7 Å². The fraction of sp³-hybridized carbons (Fsp3) is 0.700. The van der Waals surface area contributed by atoms with Gasteiger partial charge in [0, 0.05) is 35.5 Å². The van der Waals surface area contributed by atoms with Gasteiger partial charge < -0.3 is 4.52 Å². The van der Waals surface area contributed by atoms with Crippen LogP contribution in [-0.4, -0.2) is 36.8 Å². The van der Waals surface area contributed by atoms with Crippen LogP contribution in [0.3, 0.4) is 0 Å². The zero-order valence-electron chi connectivity index (χ0n) is 10.5. The lowest BCUT2D eigenvalue weighted by Gasteiger charge is -2.10. The molecule has 1 aromatic heterocycles. The Morgan fingerprint density at radius 3 is 2.74 bits per heavy atom. The van der Waals surface area contributed by atoms with E-state index >= 15 is 0 Å². The highest BCUT2D eigenvalue weighted by molar-refractivity contribution is 8.13. The quantitative estimate of drug-likeness (QED) is 0.774. The molecule has 0 saturated carbocycles. The molecular weight excluding hydrogens is 294 g/mol. The fourth-order valence-electron chi connectivity index (χ4n) is 1.94. The molecule has 1 saturated heterocycles. The zero-order chi connectivity index (χ0) is 14.2. The molecule has 106 valence electrons. The fourth-order valence-corrected chi connectivity index (χ4v) is 3.26. The second-order valence-electron chi connectivity index (χ2n) is 4.87. The Kier molecular flexibility index (Phi) is 3.82. The average Bonchev–Trinajstić information content (AvgIpc) is 2.82. The summed E-state index contributed by atoms with van der Waals surface area (Å²) in [6.07, 6.45) is 0.123. The largest absolute Gasteiger partial charge is 0.337 e. The van der Waals surface area contributed by atoms with Gasteiger partial charge >= 0.3 is 0 Å². The van der Waals surface area contributed by atoms with Crippen molar-refractivity contribution in [2.45, 2.75) is 26.2 Å². The maximum absolute atomic E-state index is 11.8. The Morgan fingerprint density at radius 1 is 1.53 bits per heavy atom. The SMILES string of the molecule is CC(C)c1nc(N2CC(CS(=O)(=O)Cl)CC2=O)no1. The van der Waals surface area contributed by atoms with Crippen LogP contribution in [0.1, 0.15) is 32.1 Å². The number of rotatable bonds is 4. The van der Waals surface area contributed by atoms with Crippen molar-refractivity contribution in [3.8, 4) is 0 Å². The van der Waals surface area contributed by atoms with Crippen LogP contribution in [0.5, 0.6) is 0 Å². The van der Waals surface area contributed by atoms with Crippen molar-refractivity contribution in [2.24, 2.45) is 5.92 Å². The monoisotopic (exact) mass is 307 g/mol. The lowest BCUT2D eigenvalue weighted by Crippen LogP contribution is -2.26. The number of carbonyl (C=O) groups is 1. The minimum atomic E-state index is -3.62. The number of amides is 1. The summed E-state index contributed by atoms with van der Waals surface area (Å²) in [5.74, 6) is -0.0964. The van der Waals surface area contributed by atoms with Gasteiger partial charge in [0.15, 0.2) is 0 Å². The molecule has 0 bridgehead atoms. The molecule has 1 unspecified atom stereocenters. The molecule has 19 heavy (non-hydrogen) atoms.